The van der Waals surface area contributed by atoms with Crippen molar-refractivity contribution in [2.24, 2.45) is 5.92 Å². The molecule has 1 aliphatic carbocycles. The van der Waals surface area contributed by atoms with E-state index in [4.69, 9.17) is 0 Å². The number of unbranched alkanes of at least 4 members (excludes halogenated alkanes) is 1. The summed E-state index contributed by atoms with van der Waals surface area (Å²) >= 11 is 0. The molecule has 0 radical (unpaired) electrons. The lowest BCUT2D eigenvalue weighted by Crippen LogP contribution is -2.07. The van der Waals surface area contributed by atoms with Crippen molar-refractivity contribution in [3.8, 4) is 22.3 Å². The minimum Gasteiger partial charge on any atom is -0.203 e. The van der Waals surface area contributed by atoms with E-state index in [0.717, 1.165) is 50.5 Å². The highest BCUT2D eigenvalue weighted by molar-refractivity contribution is 5.74. The molecule has 0 aromatic heterocycles. The maximum Gasteiger partial charge on any atom is 0.167 e. The van der Waals surface area contributed by atoms with Gasteiger partial charge in [-0.3, -0.25) is 0 Å². The fourth-order valence-electron chi connectivity index (χ4n) is 4.97. The summed E-state index contributed by atoms with van der Waals surface area (Å²) in [7, 11) is 0. The molecule has 0 bridgehead atoms. The Morgan fingerprint density at radius 3 is 1.97 bits per heavy atom. The fourth-order valence-corrected chi connectivity index (χ4v) is 4.97. The summed E-state index contributed by atoms with van der Waals surface area (Å²) in [6, 6.07) is 12.9. The molecule has 0 heterocycles. The highest BCUT2D eigenvalue weighted by Gasteiger charge is 2.21. The predicted molar refractivity (Wildman–Crippen MR) is 141 cm³/mol. The Kier molecular flexibility index (Phi) is 8.45. The molecule has 188 valence electrons. The standard InChI is InChI=1S/C32H32F4/c1-3-5-7-21-9-11-22(12-10-21)27-19-20-28(32(36)31(27)35)24-15-13-23(14-16-24)26-18-17-25(8-6-4-2)29(33)30(26)34/h3,11,13-21H,1,4-10,12H2,2H3. The third kappa shape index (κ3) is 5.48. The summed E-state index contributed by atoms with van der Waals surface area (Å²) in [5.41, 5.74) is 2.78. The van der Waals surface area contributed by atoms with Gasteiger partial charge in [-0.2, -0.15) is 0 Å². The molecule has 0 N–H and O–H groups in total. The van der Waals surface area contributed by atoms with Crippen LogP contribution in [0.2, 0.25) is 0 Å². The maximum absolute atomic E-state index is 15.1. The molecular formula is C32H32F4. The first-order chi connectivity index (χ1) is 17.4. The van der Waals surface area contributed by atoms with Gasteiger partial charge in [-0.1, -0.05) is 74.0 Å². The molecule has 0 fully saturated rings. The number of rotatable bonds is 9. The van der Waals surface area contributed by atoms with E-state index in [1.54, 1.807) is 48.5 Å². The molecule has 0 amide bonds. The number of hydrogen-bond donors (Lipinski definition) is 0. The highest BCUT2D eigenvalue weighted by Crippen LogP contribution is 2.37. The van der Waals surface area contributed by atoms with Gasteiger partial charge in [0, 0.05) is 16.7 Å². The van der Waals surface area contributed by atoms with Crippen LogP contribution in [0.5, 0.6) is 0 Å². The second-order valence-corrected chi connectivity index (χ2v) is 9.61. The molecule has 1 unspecified atom stereocenters. The summed E-state index contributed by atoms with van der Waals surface area (Å²) in [4.78, 5) is 0. The number of aryl methyl sites for hydroxylation is 1. The Morgan fingerprint density at radius 1 is 0.806 bits per heavy atom. The van der Waals surface area contributed by atoms with Gasteiger partial charge in [0.05, 0.1) is 0 Å². The first kappa shape index (κ1) is 25.9. The van der Waals surface area contributed by atoms with Crippen LogP contribution >= 0.6 is 0 Å². The van der Waals surface area contributed by atoms with E-state index in [2.05, 4.69) is 6.58 Å². The van der Waals surface area contributed by atoms with Crippen molar-refractivity contribution in [1.29, 1.82) is 0 Å². The van der Waals surface area contributed by atoms with Gasteiger partial charge < -0.3 is 0 Å². The SMILES string of the molecule is C=CCCC1CC=C(c2ccc(-c3ccc(-c4ccc(CCCC)c(F)c4F)cc3)c(F)c2F)CC1. The van der Waals surface area contributed by atoms with Crippen LogP contribution < -0.4 is 0 Å². The third-order valence-electron chi connectivity index (χ3n) is 7.20. The van der Waals surface area contributed by atoms with Crippen molar-refractivity contribution < 1.29 is 17.6 Å². The lowest BCUT2D eigenvalue weighted by Gasteiger charge is -2.22. The zero-order chi connectivity index (χ0) is 25.7. The van der Waals surface area contributed by atoms with Crippen molar-refractivity contribution in [3.63, 3.8) is 0 Å². The van der Waals surface area contributed by atoms with E-state index in [0.29, 0.717) is 34.6 Å². The third-order valence-corrected chi connectivity index (χ3v) is 7.20. The van der Waals surface area contributed by atoms with Gasteiger partial charge in [0.25, 0.3) is 0 Å². The van der Waals surface area contributed by atoms with E-state index < -0.39 is 23.3 Å². The van der Waals surface area contributed by atoms with E-state index in [-0.39, 0.29) is 11.1 Å². The summed E-state index contributed by atoms with van der Waals surface area (Å²) in [5, 5.41) is 0. The van der Waals surface area contributed by atoms with Crippen molar-refractivity contribution in [3.05, 3.63) is 102 Å². The summed E-state index contributed by atoms with van der Waals surface area (Å²) < 4.78 is 59.4. The molecule has 0 spiro atoms. The number of halogens is 4. The van der Waals surface area contributed by atoms with Crippen LogP contribution in [0.1, 0.15) is 63.0 Å². The first-order valence-electron chi connectivity index (χ1n) is 12.8. The van der Waals surface area contributed by atoms with Crippen LogP contribution in [0.4, 0.5) is 17.6 Å². The van der Waals surface area contributed by atoms with E-state index >= 15 is 8.78 Å². The zero-order valence-electron chi connectivity index (χ0n) is 20.7. The van der Waals surface area contributed by atoms with Crippen LogP contribution in [0, 0.1) is 29.2 Å². The molecule has 3 aromatic rings. The Morgan fingerprint density at radius 2 is 1.39 bits per heavy atom. The van der Waals surface area contributed by atoms with E-state index in [9.17, 15) is 8.78 Å². The van der Waals surface area contributed by atoms with Crippen molar-refractivity contribution >= 4 is 5.57 Å². The lowest BCUT2D eigenvalue weighted by atomic mass is 9.83. The smallest absolute Gasteiger partial charge is 0.167 e. The molecular weight excluding hydrogens is 460 g/mol. The lowest BCUT2D eigenvalue weighted by molar-refractivity contribution is 0.452. The van der Waals surface area contributed by atoms with Gasteiger partial charge in [0.15, 0.2) is 23.3 Å². The topological polar surface area (TPSA) is 0 Å². The van der Waals surface area contributed by atoms with Crippen LogP contribution in [0.15, 0.2) is 67.3 Å². The fraction of sp³-hybridized carbons (Fsp3) is 0.312. The van der Waals surface area contributed by atoms with Gasteiger partial charge in [0.2, 0.25) is 0 Å². The highest BCUT2D eigenvalue weighted by atomic mass is 19.2. The van der Waals surface area contributed by atoms with Gasteiger partial charge >= 0.3 is 0 Å². The van der Waals surface area contributed by atoms with Crippen LogP contribution in [0.25, 0.3) is 27.8 Å². The summed E-state index contributed by atoms with van der Waals surface area (Å²) in [6.45, 7) is 5.76. The Labute approximate surface area is 211 Å². The van der Waals surface area contributed by atoms with Gasteiger partial charge in [-0.15, -0.1) is 6.58 Å². The molecule has 36 heavy (non-hydrogen) atoms. The molecule has 3 aromatic carbocycles. The minimum absolute atomic E-state index is 0.143. The number of allylic oxidation sites excluding steroid dienone is 3. The maximum atomic E-state index is 15.1. The number of benzene rings is 3. The van der Waals surface area contributed by atoms with E-state index in [1.807, 2.05) is 19.1 Å². The van der Waals surface area contributed by atoms with Gasteiger partial charge in [0.1, 0.15) is 0 Å². The second kappa shape index (κ2) is 11.7. The molecule has 1 atom stereocenters. The summed E-state index contributed by atoms with van der Waals surface area (Å²) in [6.07, 6.45) is 10.7. The Balaban J connectivity index is 1.55. The normalized spacial score (nSPS) is 15.6. The van der Waals surface area contributed by atoms with Crippen LogP contribution in [-0.4, -0.2) is 0 Å². The Hall–Kier alpha value is -3.14. The average Bonchev–Trinajstić information content (AvgIpc) is 2.90. The number of hydrogen-bond acceptors (Lipinski definition) is 0. The first-order valence-corrected chi connectivity index (χ1v) is 12.8. The molecule has 0 saturated carbocycles. The van der Waals surface area contributed by atoms with E-state index in [1.165, 1.54) is 0 Å². The molecule has 0 nitrogen and oxygen atoms in total. The molecule has 0 saturated heterocycles. The molecule has 0 aliphatic heterocycles. The molecule has 4 rings (SSSR count). The van der Waals surface area contributed by atoms with Gasteiger partial charge in [-0.05, 0) is 73.1 Å². The van der Waals surface area contributed by atoms with Crippen molar-refractivity contribution in [2.75, 3.05) is 0 Å². The van der Waals surface area contributed by atoms with Crippen molar-refractivity contribution in [2.45, 2.75) is 58.3 Å². The quantitative estimate of drug-likeness (QED) is 0.206. The monoisotopic (exact) mass is 492 g/mol. The van der Waals surface area contributed by atoms with Gasteiger partial charge in [-0.25, -0.2) is 17.6 Å². The van der Waals surface area contributed by atoms with Crippen LogP contribution in [0.3, 0.4) is 0 Å². The average molecular weight is 493 g/mol. The second-order valence-electron chi connectivity index (χ2n) is 9.61. The minimum atomic E-state index is -0.896. The molecule has 4 heteroatoms. The van der Waals surface area contributed by atoms with Crippen molar-refractivity contribution in [1.82, 2.24) is 0 Å². The largest absolute Gasteiger partial charge is 0.203 e. The van der Waals surface area contributed by atoms with Crippen LogP contribution in [-0.2, 0) is 6.42 Å². The zero-order valence-corrected chi connectivity index (χ0v) is 20.7. The summed E-state index contributed by atoms with van der Waals surface area (Å²) in [5.74, 6) is -2.89. The molecule has 1 aliphatic rings. The Bertz CT molecular complexity index is 1250. The predicted octanol–water partition coefficient (Wildman–Crippen LogP) is 10.1.